The first-order chi connectivity index (χ1) is 14.5. The third kappa shape index (κ3) is 4.32. The highest BCUT2D eigenvalue weighted by Gasteiger charge is 2.23. The van der Waals surface area contributed by atoms with E-state index < -0.39 is 17.9 Å². The van der Waals surface area contributed by atoms with Crippen LogP contribution in [0.5, 0.6) is 0 Å². The van der Waals surface area contributed by atoms with Gasteiger partial charge >= 0.3 is 12.1 Å². The number of nitrogens with zero attached hydrogens (tertiary/aromatic N) is 3. The van der Waals surface area contributed by atoms with Crippen LogP contribution in [0.25, 0.3) is 11.1 Å². The van der Waals surface area contributed by atoms with E-state index in [0.717, 1.165) is 5.56 Å². The number of carboxylic acids is 1. The summed E-state index contributed by atoms with van der Waals surface area (Å²) in [7, 11) is 0. The van der Waals surface area contributed by atoms with Crippen molar-refractivity contribution < 1.29 is 23.8 Å². The molecule has 4 rings (SSSR count). The summed E-state index contributed by atoms with van der Waals surface area (Å²) in [6, 6.07) is 15.5. The lowest BCUT2D eigenvalue weighted by molar-refractivity contribution is 0.0689. The number of benzene rings is 2. The van der Waals surface area contributed by atoms with Gasteiger partial charge in [0.1, 0.15) is 12.4 Å². The summed E-state index contributed by atoms with van der Waals surface area (Å²) in [4.78, 5) is 25.2. The molecule has 0 saturated heterocycles. The Labute approximate surface area is 172 Å². The molecule has 2 heterocycles. The lowest BCUT2D eigenvalue weighted by Crippen LogP contribution is -2.31. The minimum absolute atomic E-state index is 0.0478. The highest BCUT2D eigenvalue weighted by atomic mass is 19.1. The Bertz CT molecular complexity index is 1080. The number of hydrogen-bond acceptors (Lipinski definition) is 4. The fourth-order valence-electron chi connectivity index (χ4n) is 3.49. The van der Waals surface area contributed by atoms with Crippen molar-refractivity contribution in [3.8, 4) is 11.1 Å². The first-order valence-electron chi connectivity index (χ1n) is 9.56. The maximum Gasteiger partial charge on any atom is 0.410 e. The topological polar surface area (TPSA) is 84.7 Å². The fraction of sp³-hybridized carbons (Fsp3) is 0.227. The monoisotopic (exact) mass is 409 g/mol. The first kappa shape index (κ1) is 19.6. The van der Waals surface area contributed by atoms with Crippen molar-refractivity contribution in [1.82, 2.24) is 14.7 Å². The van der Waals surface area contributed by atoms with E-state index in [1.54, 1.807) is 10.7 Å². The van der Waals surface area contributed by atoms with Gasteiger partial charge in [-0.1, -0.05) is 30.3 Å². The van der Waals surface area contributed by atoms with Gasteiger partial charge in [-0.25, -0.2) is 14.0 Å². The van der Waals surface area contributed by atoms with Crippen LogP contribution in [0.15, 0.2) is 54.6 Å². The quantitative estimate of drug-likeness (QED) is 0.706. The number of hydrogen-bond donors (Lipinski definition) is 1. The standard InChI is InChI=1S/C22H20FN3O4/c23-18-10-15(9-17(11-18)16-5-2-1-3-6-16)14-30-22(29)25-7-4-8-26-19(13-25)12-20(24-26)21(27)28/h1-3,5-6,9-12H,4,7-8,13-14H2,(H,27,28). The zero-order valence-corrected chi connectivity index (χ0v) is 16.1. The van der Waals surface area contributed by atoms with E-state index >= 15 is 0 Å². The van der Waals surface area contributed by atoms with E-state index in [4.69, 9.17) is 9.84 Å². The molecular weight excluding hydrogens is 389 g/mol. The number of amides is 1. The van der Waals surface area contributed by atoms with Crippen LogP contribution >= 0.6 is 0 Å². The Morgan fingerprint density at radius 3 is 2.63 bits per heavy atom. The van der Waals surface area contributed by atoms with Crippen molar-refractivity contribution in [2.24, 2.45) is 0 Å². The van der Waals surface area contributed by atoms with E-state index in [-0.39, 0.29) is 18.8 Å². The fourth-order valence-corrected chi connectivity index (χ4v) is 3.49. The Kier molecular flexibility index (Phi) is 5.47. The van der Waals surface area contributed by atoms with Crippen LogP contribution < -0.4 is 0 Å². The van der Waals surface area contributed by atoms with Gasteiger partial charge in [-0.3, -0.25) is 4.68 Å². The maximum absolute atomic E-state index is 14.1. The van der Waals surface area contributed by atoms with Gasteiger partial charge in [0, 0.05) is 13.1 Å². The van der Waals surface area contributed by atoms with Gasteiger partial charge in [0.25, 0.3) is 0 Å². The molecule has 8 heteroatoms. The minimum Gasteiger partial charge on any atom is -0.476 e. The molecule has 0 aliphatic carbocycles. The number of fused-ring (bicyclic) bond motifs is 1. The number of halogens is 1. The summed E-state index contributed by atoms with van der Waals surface area (Å²) < 4.78 is 21.1. The third-order valence-corrected chi connectivity index (χ3v) is 4.92. The number of carbonyl (C=O) groups is 2. The zero-order chi connectivity index (χ0) is 21.1. The van der Waals surface area contributed by atoms with Crippen molar-refractivity contribution in [2.45, 2.75) is 26.1 Å². The normalized spacial score (nSPS) is 13.4. The predicted molar refractivity (Wildman–Crippen MR) is 106 cm³/mol. The highest BCUT2D eigenvalue weighted by molar-refractivity contribution is 5.85. The number of carbonyl (C=O) groups excluding carboxylic acids is 1. The molecule has 0 bridgehead atoms. The summed E-state index contributed by atoms with van der Waals surface area (Å²) in [6.07, 6.45) is 0.0908. The summed E-state index contributed by atoms with van der Waals surface area (Å²) in [5.41, 5.74) is 2.73. The number of aryl methyl sites for hydroxylation is 1. The molecule has 30 heavy (non-hydrogen) atoms. The average molecular weight is 409 g/mol. The second-order valence-electron chi connectivity index (χ2n) is 7.09. The second-order valence-corrected chi connectivity index (χ2v) is 7.09. The molecule has 1 N–H and O–H groups in total. The molecule has 0 radical (unpaired) electrons. The van der Waals surface area contributed by atoms with Gasteiger partial charge in [0.2, 0.25) is 0 Å². The van der Waals surface area contributed by atoms with Crippen LogP contribution in [0.3, 0.4) is 0 Å². The van der Waals surface area contributed by atoms with Gasteiger partial charge in [0.15, 0.2) is 5.69 Å². The van der Waals surface area contributed by atoms with Crippen LogP contribution in [0.1, 0.15) is 28.2 Å². The number of aromatic carboxylic acids is 1. The number of carboxylic acid groups (broad SMARTS) is 1. The van der Waals surface area contributed by atoms with Crippen LogP contribution in [0.2, 0.25) is 0 Å². The molecule has 0 fully saturated rings. The maximum atomic E-state index is 14.1. The van der Waals surface area contributed by atoms with Gasteiger partial charge in [-0.2, -0.15) is 5.10 Å². The van der Waals surface area contributed by atoms with Crippen LogP contribution in [-0.4, -0.2) is 38.4 Å². The third-order valence-electron chi connectivity index (χ3n) is 4.92. The smallest absolute Gasteiger partial charge is 0.410 e. The van der Waals surface area contributed by atoms with Crippen LogP contribution in [0.4, 0.5) is 9.18 Å². The molecule has 0 atom stereocenters. The van der Waals surface area contributed by atoms with Gasteiger partial charge in [-0.05, 0) is 47.4 Å². The molecule has 1 aliphatic rings. The van der Waals surface area contributed by atoms with Crippen molar-refractivity contribution in [3.05, 3.63) is 77.4 Å². The predicted octanol–water partition coefficient (Wildman–Crippen LogP) is 3.93. The van der Waals surface area contributed by atoms with E-state index in [9.17, 15) is 14.0 Å². The molecule has 1 aromatic heterocycles. The Balaban J connectivity index is 1.44. The first-order valence-corrected chi connectivity index (χ1v) is 9.56. The molecule has 154 valence electrons. The molecule has 3 aromatic rings. The van der Waals surface area contributed by atoms with Gasteiger partial charge in [-0.15, -0.1) is 0 Å². The van der Waals surface area contributed by atoms with Crippen molar-refractivity contribution in [3.63, 3.8) is 0 Å². The van der Waals surface area contributed by atoms with Crippen LogP contribution in [0, 0.1) is 5.82 Å². The van der Waals surface area contributed by atoms with E-state index in [2.05, 4.69) is 5.10 Å². The molecule has 1 aliphatic heterocycles. The Morgan fingerprint density at radius 2 is 1.87 bits per heavy atom. The summed E-state index contributed by atoms with van der Waals surface area (Å²) in [5, 5.41) is 13.1. The van der Waals surface area contributed by atoms with Crippen molar-refractivity contribution in [1.29, 1.82) is 0 Å². The number of ether oxygens (including phenoxy) is 1. The summed E-state index contributed by atoms with van der Waals surface area (Å²) >= 11 is 0. The SMILES string of the molecule is O=C(O)c1cc2n(n1)CCCN(C(=O)OCc1cc(F)cc(-c3ccccc3)c1)C2. The lowest BCUT2D eigenvalue weighted by Gasteiger charge is -2.19. The number of aromatic nitrogens is 2. The molecule has 0 spiro atoms. The van der Waals surface area contributed by atoms with E-state index in [0.29, 0.717) is 36.3 Å². The average Bonchev–Trinajstić information content (AvgIpc) is 3.04. The Hall–Kier alpha value is -3.68. The largest absolute Gasteiger partial charge is 0.476 e. The summed E-state index contributed by atoms with van der Waals surface area (Å²) in [5.74, 6) is -1.51. The molecule has 0 saturated carbocycles. The van der Waals surface area contributed by atoms with Crippen molar-refractivity contribution >= 4 is 12.1 Å². The van der Waals surface area contributed by atoms with Crippen LogP contribution in [-0.2, 0) is 24.4 Å². The molecular formula is C22H20FN3O4. The molecule has 7 nitrogen and oxygen atoms in total. The van der Waals surface area contributed by atoms with Crippen molar-refractivity contribution in [2.75, 3.05) is 6.54 Å². The second kappa shape index (κ2) is 8.36. The van der Waals surface area contributed by atoms with Gasteiger partial charge in [0.05, 0.1) is 12.2 Å². The van der Waals surface area contributed by atoms with E-state index in [1.165, 1.54) is 23.1 Å². The zero-order valence-electron chi connectivity index (χ0n) is 16.1. The van der Waals surface area contributed by atoms with Gasteiger partial charge < -0.3 is 14.7 Å². The summed E-state index contributed by atoms with van der Waals surface area (Å²) in [6.45, 7) is 1.13. The molecule has 0 unspecified atom stereocenters. The lowest BCUT2D eigenvalue weighted by atomic mass is 10.0. The highest BCUT2D eigenvalue weighted by Crippen LogP contribution is 2.23. The van der Waals surface area contributed by atoms with E-state index in [1.807, 2.05) is 30.3 Å². The minimum atomic E-state index is -1.11. The number of rotatable bonds is 4. The molecule has 2 aromatic carbocycles. The molecule has 1 amide bonds. The Morgan fingerprint density at radius 1 is 1.07 bits per heavy atom.